The summed E-state index contributed by atoms with van der Waals surface area (Å²) in [5.41, 5.74) is -0.194. The van der Waals surface area contributed by atoms with E-state index in [2.05, 4.69) is 16.4 Å². The highest BCUT2D eigenvalue weighted by atomic mass is 16.5. The van der Waals surface area contributed by atoms with Crippen LogP contribution in [0.5, 0.6) is 0 Å². The zero-order valence-electron chi connectivity index (χ0n) is 11.2. The van der Waals surface area contributed by atoms with Crippen LogP contribution in [0.15, 0.2) is 30.3 Å². The molecule has 1 aromatic carbocycles. The van der Waals surface area contributed by atoms with Crippen molar-refractivity contribution in [3.8, 4) is 6.07 Å². The number of nitrogens with zero attached hydrogens (tertiary/aromatic N) is 2. The van der Waals surface area contributed by atoms with E-state index in [-0.39, 0.29) is 12.4 Å². The third-order valence-corrected chi connectivity index (χ3v) is 3.63. The molecule has 0 spiro atoms. The van der Waals surface area contributed by atoms with Gasteiger partial charge in [0.25, 0.3) is 0 Å². The molecule has 3 rings (SSSR count). The average Bonchev–Trinajstić information content (AvgIpc) is 2.96. The summed E-state index contributed by atoms with van der Waals surface area (Å²) in [4.78, 5) is 15.9. The minimum absolute atomic E-state index is 0.0573. The lowest BCUT2D eigenvalue weighted by molar-refractivity contribution is -0.142. The van der Waals surface area contributed by atoms with Gasteiger partial charge in [-0.25, -0.2) is 9.78 Å². The van der Waals surface area contributed by atoms with Gasteiger partial charge < -0.3 is 15.2 Å². The van der Waals surface area contributed by atoms with Crippen molar-refractivity contribution < 1.29 is 14.6 Å². The molecule has 2 aromatic rings. The van der Waals surface area contributed by atoms with Crippen LogP contribution in [0, 0.1) is 11.3 Å². The van der Waals surface area contributed by atoms with Gasteiger partial charge in [-0.3, -0.25) is 0 Å². The van der Waals surface area contributed by atoms with Crippen LogP contribution in [0.4, 0.5) is 5.82 Å². The number of anilines is 1. The fourth-order valence-electron chi connectivity index (χ4n) is 2.41. The minimum Gasteiger partial charge on any atom is -0.479 e. The van der Waals surface area contributed by atoms with E-state index in [4.69, 9.17) is 4.74 Å². The summed E-state index contributed by atoms with van der Waals surface area (Å²) in [6, 6.07) is 11.1. The van der Waals surface area contributed by atoms with E-state index in [9.17, 15) is 15.2 Å². The third-order valence-electron chi connectivity index (χ3n) is 3.63. The molecule has 2 N–H and O–H groups in total. The third kappa shape index (κ3) is 2.28. The maximum atomic E-state index is 11.5. The summed E-state index contributed by atoms with van der Waals surface area (Å²) >= 11 is 0. The van der Waals surface area contributed by atoms with Gasteiger partial charge in [0.15, 0.2) is 5.54 Å². The molecule has 6 nitrogen and oxygen atoms in total. The molecular weight excluding hydrogens is 270 g/mol. The highest BCUT2D eigenvalue weighted by Gasteiger charge is 2.43. The van der Waals surface area contributed by atoms with Crippen molar-refractivity contribution in [3.05, 3.63) is 35.9 Å². The van der Waals surface area contributed by atoms with Crippen molar-refractivity contribution in [2.45, 2.75) is 12.0 Å². The van der Waals surface area contributed by atoms with Gasteiger partial charge in [0.1, 0.15) is 11.9 Å². The number of rotatable bonds is 3. The van der Waals surface area contributed by atoms with Crippen molar-refractivity contribution in [2.24, 2.45) is 0 Å². The topological polar surface area (TPSA) is 95.2 Å². The number of carboxylic acid groups (broad SMARTS) is 1. The molecule has 0 amide bonds. The maximum Gasteiger partial charge on any atom is 0.331 e. The van der Waals surface area contributed by atoms with Crippen molar-refractivity contribution in [3.63, 3.8) is 0 Å². The number of para-hydroxylation sites is 1. The second-order valence-corrected chi connectivity index (χ2v) is 5.00. The molecular formula is C15H13N3O3. The summed E-state index contributed by atoms with van der Waals surface area (Å²) in [6.45, 7) is 0.427. The lowest BCUT2D eigenvalue weighted by Gasteiger charge is -2.25. The fraction of sp³-hybridized carbons (Fsp3) is 0.267. The van der Waals surface area contributed by atoms with Crippen LogP contribution >= 0.6 is 0 Å². The number of aromatic nitrogens is 1. The monoisotopic (exact) mass is 283 g/mol. The predicted octanol–water partition coefficient (Wildman–Crippen LogP) is 1.76. The normalized spacial score (nSPS) is 21.1. The number of ether oxygens (including phenoxy) is 1. The number of carboxylic acids is 1. The Balaban J connectivity index is 2.07. The first-order valence-electron chi connectivity index (χ1n) is 6.54. The van der Waals surface area contributed by atoms with Crippen LogP contribution in [0.2, 0.25) is 0 Å². The zero-order valence-corrected chi connectivity index (χ0v) is 11.2. The molecule has 21 heavy (non-hydrogen) atoms. The molecule has 2 heterocycles. The largest absolute Gasteiger partial charge is 0.479 e. The lowest BCUT2D eigenvalue weighted by Crippen LogP contribution is -2.47. The number of carbonyl (C=O) groups is 1. The van der Waals surface area contributed by atoms with Gasteiger partial charge in [-0.2, -0.15) is 5.26 Å². The van der Waals surface area contributed by atoms with Gasteiger partial charge in [0, 0.05) is 18.4 Å². The van der Waals surface area contributed by atoms with Crippen molar-refractivity contribution in [2.75, 3.05) is 18.5 Å². The Morgan fingerprint density at radius 1 is 1.48 bits per heavy atom. The van der Waals surface area contributed by atoms with Gasteiger partial charge in [-0.1, -0.05) is 18.2 Å². The van der Waals surface area contributed by atoms with Crippen LogP contribution < -0.4 is 5.32 Å². The smallest absolute Gasteiger partial charge is 0.331 e. The number of hydrogen-bond donors (Lipinski definition) is 2. The number of nitriles is 1. The Labute approximate surface area is 121 Å². The van der Waals surface area contributed by atoms with E-state index in [1.54, 1.807) is 6.07 Å². The van der Waals surface area contributed by atoms with E-state index >= 15 is 0 Å². The van der Waals surface area contributed by atoms with Crippen molar-refractivity contribution in [1.82, 2.24) is 4.98 Å². The molecule has 1 saturated heterocycles. The van der Waals surface area contributed by atoms with E-state index < -0.39 is 11.5 Å². The Hall–Kier alpha value is -2.65. The van der Waals surface area contributed by atoms with Crippen LogP contribution in [0.25, 0.3) is 10.9 Å². The first kappa shape index (κ1) is 13.3. The van der Waals surface area contributed by atoms with Gasteiger partial charge in [0.05, 0.1) is 17.7 Å². The van der Waals surface area contributed by atoms with E-state index in [1.807, 2.05) is 24.3 Å². The Kier molecular flexibility index (Phi) is 3.20. The van der Waals surface area contributed by atoms with E-state index in [0.717, 1.165) is 5.39 Å². The standard InChI is InChI=1S/C15H13N3O3/c16-8-11-7-10-3-1-2-4-12(10)17-13(11)18-15(14(19)20)5-6-21-9-15/h1-4,7H,5-6,9H2,(H,17,18)(H,19,20). The highest BCUT2D eigenvalue weighted by Crippen LogP contribution is 2.27. The number of nitrogens with one attached hydrogen (secondary N) is 1. The van der Waals surface area contributed by atoms with E-state index in [0.29, 0.717) is 24.1 Å². The SMILES string of the molecule is N#Cc1cc2ccccc2nc1NC1(C(=O)O)CCOC1. The Bertz CT molecular complexity index is 745. The summed E-state index contributed by atoms with van der Waals surface area (Å²) in [5, 5.41) is 22.5. The molecule has 1 aliphatic rings. The molecule has 0 bridgehead atoms. The second kappa shape index (κ2) is 5.04. The first-order chi connectivity index (χ1) is 10.1. The Morgan fingerprint density at radius 2 is 2.29 bits per heavy atom. The number of hydrogen-bond acceptors (Lipinski definition) is 5. The molecule has 1 aromatic heterocycles. The molecule has 106 valence electrons. The molecule has 0 saturated carbocycles. The van der Waals surface area contributed by atoms with Crippen LogP contribution in [0.3, 0.4) is 0 Å². The second-order valence-electron chi connectivity index (χ2n) is 5.00. The summed E-state index contributed by atoms with van der Waals surface area (Å²) in [5.74, 6) is -0.719. The molecule has 0 radical (unpaired) electrons. The lowest BCUT2D eigenvalue weighted by atomic mass is 9.98. The molecule has 1 aliphatic heterocycles. The maximum absolute atomic E-state index is 11.5. The minimum atomic E-state index is -1.22. The van der Waals surface area contributed by atoms with Gasteiger partial charge in [0.2, 0.25) is 0 Å². The fourth-order valence-corrected chi connectivity index (χ4v) is 2.41. The van der Waals surface area contributed by atoms with Crippen molar-refractivity contribution in [1.29, 1.82) is 5.26 Å². The molecule has 0 aliphatic carbocycles. The van der Waals surface area contributed by atoms with E-state index in [1.165, 1.54) is 0 Å². The van der Waals surface area contributed by atoms with Gasteiger partial charge >= 0.3 is 5.97 Å². The zero-order chi connectivity index (χ0) is 14.9. The van der Waals surface area contributed by atoms with Gasteiger partial charge in [-0.05, 0) is 12.1 Å². The number of benzene rings is 1. The van der Waals surface area contributed by atoms with Crippen LogP contribution in [0.1, 0.15) is 12.0 Å². The molecule has 1 unspecified atom stereocenters. The number of fused-ring (bicyclic) bond motifs is 1. The van der Waals surface area contributed by atoms with Crippen LogP contribution in [-0.4, -0.2) is 34.8 Å². The molecule has 1 fully saturated rings. The predicted molar refractivity (Wildman–Crippen MR) is 75.9 cm³/mol. The molecule has 1 atom stereocenters. The number of aliphatic carboxylic acids is 1. The number of pyridine rings is 1. The van der Waals surface area contributed by atoms with Crippen LogP contribution in [-0.2, 0) is 9.53 Å². The van der Waals surface area contributed by atoms with Gasteiger partial charge in [-0.15, -0.1) is 0 Å². The first-order valence-corrected chi connectivity index (χ1v) is 6.54. The van der Waals surface area contributed by atoms with Crippen molar-refractivity contribution >= 4 is 22.7 Å². The Morgan fingerprint density at radius 3 is 2.95 bits per heavy atom. The summed E-state index contributed by atoms with van der Waals surface area (Å²) in [7, 11) is 0. The average molecular weight is 283 g/mol. The highest BCUT2D eigenvalue weighted by molar-refractivity contribution is 5.86. The molecule has 6 heteroatoms. The summed E-state index contributed by atoms with van der Waals surface area (Å²) < 4.78 is 5.20. The quantitative estimate of drug-likeness (QED) is 0.891. The summed E-state index contributed by atoms with van der Waals surface area (Å²) in [6.07, 6.45) is 0.335.